The normalized spacial score (nSPS) is 16.4. The molecular formula is C26H26ClF5N4O4S. The van der Waals surface area contributed by atoms with Crippen LogP contribution in [0.3, 0.4) is 0 Å². The van der Waals surface area contributed by atoms with Gasteiger partial charge < -0.3 is 10.0 Å². The van der Waals surface area contributed by atoms with Crippen LogP contribution in [0.4, 0.5) is 33.5 Å². The number of carboxylic acid groups (broad SMARTS) is 1. The maximum Gasteiger partial charge on any atom is 0.490 e. The lowest BCUT2D eigenvalue weighted by Crippen LogP contribution is -2.35. The first-order chi connectivity index (χ1) is 19.1. The minimum Gasteiger partial charge on any atom is -0.475 e. The minimum atomic E-state index is -5.08. The highest BCUT2D eigenvalue weighted by Crippen LogP contribution is 2.35. The Morgan fingerprint density at radius 1 is 1.15 bits per heavy atom. The van der Waals surface area contributed by atoms with Gasteiger partial charge in [0.15, 0.2) is 0 Å². The first-order valence-electron chi connectivity index (χ1n) is 12.1. The highest BCUT2D eigenvalue weighted by atomic mass is 35.5. The van der Waals surface area contributed by atoms with Gasteiger partial charge in [-0.15, -0.1) is 0 Å². The minimum absolute atomic E-state index is 0.0835. The number of carboxylic acids is 1. The summed E-state index contributed by atoms with van der Waals surface area (Å²) in [6.07, 6.45) is -4.22. The first kappa shape index (κ1) is 32.0. The Labute approximate surface area is 238 Å². The van der Waals surface area contributed by atoms with Gasteiger partial charge in [0, 0.05) is 38.3 Å². The molecule has 0 unspecified atom stereocenters. The third kappa shape index (κ3) is 8.27. The van der Waals surface area contributed by atoms with Crippen molar-refractivity contribution in [3.63, 3.8) is 0 Å². The van der Waals surface area contributed by atoms with E-state index >= 15 is 0 Å². The van der Waals surface area contributed by atoms with Gasteiger partial charge in [0.05, 0.1) is 10.7 Å². The Hall–Kier alpha value is -3.49. The predicted molar refractivity (Wildman–Crippen MR) is 143 cm³/mol. The molecule has 1 fully saturated rings. The number of anilines is 2. The molecule has 222 valence electrons. The number of alkyl halides is 3. The number of likely N-dealkylation sites (tertiary alicyclic amines) is 1. The fraction of sp³-hybridized carbons (Fsp3) is 0.308. The summed E-state index contributed by atoms with van der Waals surface area (Å²) in [6.45, 7) is 3.80. The highest BCUT2D eigenvalue weighted by molar-refractivity contribution is 7.92. The maximum atomic E-state index is 15.0. The first-order valence-corrected chi connectivity index (χ1v) is 13.9. The van der Waals surface area contributed by atoms with Crippen LogP contribution in [0.5, 0.6) is 0 Å². The second-order valence-corrected chi connectivity index (χ2v) is 11.2. The number of benzene rings is 2. The second kappa shape index (κ2) is 13.0. The molecule has 0 amide bonds. The molecule has 3 aromatic rings. The van der Waals surface area contributed by atoms with Crippen molar-refractivity contribution >= 4 is 39.1 Å². The van der Waals surface area contributed by atoms with Gasteiger partial charge in [0.1, 0.15) is 16.5 Å². The largest absolute Gasteiger partial charge is 0.490 e. The quantitative estimate of drug-likeness (QED) is 0.257. The van der Waals surface area contributed by atoms with Gasteiger partial charge in [0.2, 0.25) is 5.95 Å². The maximum absolute atomic E-state index is 15.0. The molecule has 2 aromatic carbocycles. The van der Waals surface area contributed by atoms with E-state index in [2.05, 4.69) is 33.7 Å². The standard InChI is InChI=1S/C24H25ClF2N4O2S.C2HF3O2/c1-16(17-7-4-3-5-8-17)31-12-11-18(15-31)30(2)21-14-20(26)22(13-19(21)25)34(32,33)29-24-10-6-9-23(27)28-24;3-2(4,5)1(6)7/h3-10,13-14,16,18H,11-12,15H2,1-2H3,(H,28,29);(H,6,7)/t16-,18+;/m1./s1. The van der Waals surface area contributed by atoms with E-state index in [0.29, 0.717) is 5.69 Å². The van der Waals surface area contributed by atoms with Crippen LogP contribution in [0.2, 0.25) is 5.02 Å². The van der Waals surface area contributed by atoms with Crippen LogP contribution in [-0.4, -0.2) is 61.7 Å². The number of nitrogens with zero attached hydrogens (tertiary/aromatic N) is 3. The molecule has 2 heterocycles. The molecule has 4 rings (SSSR count). The summed E-state index contributed by atoms with van der Waals surface area (Å²) in [7, 11) is -2.54. The fourth-order valence-electron chi connectivity index (χ4n) is 4.23. The molecule has 0 bridgehead atoms. The van der Waals surface area contributed by atoms with Gasteiger partial charge in [-0.2, -0.15) is 17.6 Å². The van der Waals surface area contributed by atoms with E-state index in [-0.39, 0.29) is 22.9 Å². The molecular weight excluding hydrogens is 595 g/mol. The van der Waals surface area contributed by atoms with Crippen molar-refractivity contribution in [3.05, 3.63) is 83.0 Å². The van der Waals surface area contributed by atoms with Gasteiger partial charge in [-0.05, 0) is 37.1 Å². The summed E-state index contributed by atoms with van der Waals surface area (Å²) < 4.78 is 87.5. The van der Waals surface area contributed by atoms with Crippen molar-refractivity contribution in [2.45, 2.75) is 36.5 Å². The number of hydrogen-bond acceptors (Lipinski definition) is 6. The lowest BCUT2D eigenvalue weighted by atomic mass is 10.1. The number of aliphatic carboxylic acids is 1. The van der Waals surface area contributed by atoms with E-state index in [1.165, 1.54) is 17.7 Å². The van der Waals surface area contributed by atoms with E-state index in [1.807, 2.05) is 30.1 Å². The molecule has 1 saturated heterocycles. The highest BCUT2D eigenvalue weighted by Gasteiger charge is 2.38. The zero-order chi connectivity index (χ0) is 30.5. The molecule has 2 atom stereocenters. The molecule has 0 radical (unpaired) electrons. The summed E-state index contributed by atoms with van der Waals surface area (Å²) in [4.78, 5) is 16.0. The number of carbonyl (C=O) groups is 1. The number of rotatable bonds is 7. The summed E-state index contributed by atoms with van der Waals surface area (Å²) in [5.74, 6) is -4.83. The lowest BCUT2D eigenvalue weighted by Gasteiger charge is -2.30. The van der Waals surface area contributed by atoms with Crippen LogP contribution in [0.15, 0.2) is 65.6 Å². The van der Waals surface area contributed by atoms with E-state index in [1.54, 1.807) is 0 Å². The average molecular weight is 621 g/mol. The number of hydrogen-bond donors (Lipinski definition) is 2. The number of halogens is 6. The van der Waals surface area contributed by atoms with Crippen LogP contribution in [0.25, 0.3) is 0 Å². The summed E-state index contributed by atoms with van der Waals surface area (Å²) in [6, 6.07) is 16.4. The molecule has 2 N–H and O–H groups in total. The van der Waals surface area contributed by atoms with Gasteiger partial charge in [-0.1, -0.05) is 48.0 Å². The van der Waals surface area contributed by atoms with Crippen LogP contribution in [0.1, 0.15) is 24.9 Å². The fourth-order valence-corrected chi connectivity index (χ4v) is 5.68. The van der Waals surface area contributed by atoms with Crippen LogP contribution in [-0.2, 0) is 14.8 Å². The lowest BCUT2D eigenvalue weighted by molar-refractivity contribution is -0.192. The average Bonchev–Trinajstić information content (AvgIpc) is 3.39. The van der Waals surface area contributed by atoms with Crippen LogP contribution in [0, 0.1) is 11.8 Å². The second-order valence-electron chi connectivity index (χ2n) is 9.12. The molecule has 0 saturated carbocycles. The molecule has 15 heteroatoms. The van der Waals surface area contributed by atoms with Crippen molar-refractivity contribution in [1.82, 2.24) is 9.88 Å². The Morgan fingerprint density at radius 3 is 2.37 bits per heavy atom. The van der Waals surface area contributed by atoms with Crippen LogP contribution < -0.4 is 9.62 Å². The number of pyridine rings is 1. The molecule has 8 nitrogen and oxygen atoms in total. The third-order valence-corrected chi connectivity index (χ3v) is 8.11. The van der Waals surface area contributed by atoms with Gasteiger partial charge in [-0.25, -0.2) is 22.6 Å². The predicted octanol–water partition coefficient (Wildman–Crippen LogP) is 5.72. The summed E-state index contributed by atoms with van der Waals surface area (Å²) >= 11 is 6.41. The van der Waals surface area contributed by atoms with Crippen molar-refractivity contribution < 1.29 is 40.3 Å². The Kier molecular flexibility index (Phi) is 10.2. The third-order valence-electron chi connectivity index (χ3n) is 6.44. The van der Waals surface area contributed by atoms with E-state index in [0.717, 1.165) is 37.7 Å². The SMILES string of the molecule is C[C@H](c1ccccc1)N1CC[C@H](N(C)c2cc(F)c(S(=O)(=O)Nc3cccc(F)n3)cc2Cl)C1.O=C(O)C(F)(F)F. The van der Waals surface area contributed by atoms with Crippen molar-refractivity contribution in [3.8, 4) is 0 Å². The molecule has 41 heavy (non-hydrogen) atoms. The topological polar surface area (TPSA) is 103 Å². The number of aromatic nitrogens is 1. The Morgan fingerprint density at radius 2 is 1.78 bits per heavy atom. The summed E-state index contributed by atoms with van der Waals surface area (Å²) in [5, 5.41) is 7.23. The van der Waals surface area contributed by atoms with Gasteiger partial charge >= 0.3 is 12.1 Å². The zero-order valence-electron chi connectivity index (χ0n) is 21.7. The van der Waals surface area contributed by atoms with Crippen molar-refractivity contribution in [1.29, 1.82) is 0 Å². The molecule has 0 aliphatic carbocycles. The molecule has 1 aromatic heterocycles. The number of nitrogens with one attached hydrogen (secondary N) is 1. The van der Waals surface area contributed by atoms with Crippen molar-refractivity contribution in [2.75, 3.05) is 29.8 Å². The zero-order valence-corrected chi connectivity index (χ0v) is 23.3. The Balaban J connectivity index is 0.000000587. The monoisotopic (exact) mass is 620 g/mol. The van der Waals surface area contributed by atoms with E-state index < -0.39 is 38.8 Å². The van der Waals surface area contributed by atoms with Gasteiger partial charge in [0.25, 0.3) is 10.0 Å². The Bertz CT molecular complexity index is 1480. The number of sulfonamides is 1. The van der Waals surface area contributed by atoms with Crippen LogP contribution >= 0.6 is 11.6 Å². The van der Waals surface area contributed by atoms with E-state index in [9.17, 15) is 30.4 Å². The molecule has 1 aliphatic rings. The van der Waals surface area contributed by atoms with Crippen molar-refractivity contribution in [2.24, 2.45) is 0 Å². The van der Waals surface area contributed by atoms with Gasteiger partial charge in [-0.3, -0.25) is 9.62 Å². The molecule has 1 aliphatic heterocycles. The van der Waals surface area contributed by atoms with E-state index in [4.69, 9.17) is 21.5 Å². The summed E-state index contributed by atoms with van der Waals surface area (Å²) in [5.41, 5.74) is 1.63. The smallest absolute Gasteiger partial charge is 0.475 e. The molecule has 0 spiro atoms. The number of likely N-dealkylation sites (N-methyl/N-ethyl adjacent to an activating group) is 1.